The summed E-state index contributed by atoms with van der Waals surface area (Å²) in [6.45, 7) is 0. The van der Waals surface area contributed by atoms with Crippen molar-refractivity contribution in [2.75, 3.05) is 4.72 Å². The molecule has 0 spiro atoms. The molecule has 1 heterocycles. The largest absolute Gasteiger partial charge is 0.419 e. The number of oxazole rings is 1. The molecule has 4 rings (SSSR count). The molecule has 7 nitrogen and oxygen atoms in total. The summed E-state index contributed by atoms with van der Waals surface area (Å²) in [6.07, 6.45) is 0. The average Bonchev–Trinajstić information content (AvgIpc) is 3.04. The van der Waals surface area contributed by atoms with E-state index in [1.54, 1.807) is 12.1 Å². The number of rotatable bonds is 5. The van der Waals surface area contributed by atoms with E-state index in [0.717, 1.165) is 5.56 Å². The zero-order chi connectivity index (χ0) is 22.2. The van der Waals surface area contributed by atoms with E-state index in [9.17, 15) is 18.5 Å². The Morgan fingerprint density at radius 2 is 1.84 bits per heavy atom. The fourth-order valence-corrected chi connectivity index (χ4v) is 4.64. The number of aromatic nitrogens is 1. The van der Waals surface area contributed by atoms with Crippen molar-refractivity contribution in [1.29, 1.82) is 5.26 Å². The van der Waals surface area contributed by atoms with Crippen LogP contribution in [-0.4, -0.2) is 13.0 Å². The van der Waals surface area contributed by atoms with E-state index in [-0.39, 0.29) is 21.2 Å². The van der Waals surface area contributed by atoms with Gasteiger partial charge in [-0.25, -0.2) is 13.2 Å². The van der Waals surface area contributed by atoms with Crippen molar-refractivity contribution >= 4 is 38.4 Å². The van der Waals surface area contributed by atoms with Crippen molar-refractivity contribution < 1.29 is 12.8 Å². The lowest BCUT2D eigenvalue weighted by Gasteiger charge is -2.14. The summed E-state index contributed by atoms with van der Waals surface area (Å²) < 4.78 is 34.4. The average molecular weight is 454 g/mol. The van der Waals surface area contributed by atoms with Crippen LogP contribution in [0.25, 0.3) is 11.1 Å². The SMILES string of the molecule is Cn1c(=O)oc2cc(S(=O)(=O)Nc3ccc([C@H](C#N)c4ccccc4)c(Cl)c3)ccc21. The third-order valence-corrected chi connectivity index (χ3v) is 6.61. The van der Waals surface area contributed by atoms with E-state index in [1.807, 2.05) is 30.3 Å². The summed E-state index contributed by atoms with van der Waals surface area (Å²) >= 11 is 6.39. The minimum atomic E-state index is -3.96. The Morgan fingerprint density at radius 1 is 1.10 bits per heavy atom. The lowest BCUT2D eigenvalue weighted by molar-refractivity contribution is 0.527. The highest BCUT2D eigenvalue weighted by Crippen LogP contribution is 2.32. The van der Waals surface area contributed by atoms with Crippen molar-refractivity contribution in [3.05, 3.63) is 93.4 Å². The zero-order valence-electron chi connectivity index (χ0n) is 16.2. The van der Waals surface area contributed by atoms with Gasteiger partial charge >= 0.3 is 5.76 Å². The molecule has 9 heteroatoms. The molecule has 0 radical (unpaired) electrons. The third kappa shape index (κ3) is 3.93. The molecular formula is C22H16ClN3O4S. The highest BCUT2D eigenvalue weighted by atomic mass is 35.5. The second-order valence-electron chi connectivity index (χ2n) is 6.87. The molecular weight excluding hydrogens is 438 g/mol. The molecule has 4 aromatic rings. The third-order valence-electron chi connectivity index (χ3n) is 4.90. The van der Waals surface area contributed by atoms with Gasteiger partial charge in [0, 0.05) is 18.1 Å². The fraction of sp³-hybridized carbons (Fsp3) is 0.0909. The van der Waals surface area contributed by atoms with Crippen LogP contribution in [0.15, 0.2) is 80.8 Å². The Labute approximate surface area is 183 Å². The number of sulfonamides is 1. The number of nitriles is 1. The van der Waals surface area contributed by atoms with Crippen LogP contribution in [0.1, 0.15) is 17.0 Å². The molecule has 1 atom stereocenters. The Hall–Kier alpha value is -3.54. The summed E-state index contributed by atoms with van der Waals surface area (Å²) in [5.74, 6) is -1.16. The topological polar surface area (TPSA) is 105 Å². The zero-order valence-corrected chi connectivity index (χ0v) is 17.8. The highest BCUT2D eigenvalue weighted by molar-refractivity contribution is 7.92. The van der Waals surface area contributed by atoms with E-state index < -0.39 is 21.7 Å². The van der Waals surface area contributed by atoms with Gasteiger partial charge in [-0.3, -0.25) is 9.29 Å². The first-order chi connectivity index (χ1) is 14.8. The van der Waals surface area contributed by atoms with Gasteiger partial charge in [0.15, 0.2) is 5.58 Å². The smallest absolute Gasteiger partial charge is 0.408 e. The van der Waals surface area contributed by atoms with Crippen LogP contribution in [0, 0.1) is 11.3 Å². The van der Waals surface area contributed by atoms with Crippen molar-refractivity contribution in [3.8, 4) is 6.07 Å². The number of aryl methyl sites for hydroxylation is 1. The standard InChI is InChI=1S/C22H16ClN3O4S/c1-26-20-10-8-16(12-21(20)30-22(26)27)31(28,29)25-15-7-9-17(19(23)11-15)18(13-24)14-5-3-2-4-6-14/h2-12,18,25H,1H3/t18-/m1/s1. The molecule has 0 aliphatic carbocycles. The molecule has 1 N–H and O–H groups in total. The molecule has 0 bridgehead atoms. The number of benzene rings is 3. The number of anilines is 1. The maximum Gasteiger partial charge on any atom is 0.419 e. The molecule has 156 valence electrons. The molecule has 1 aromatic heterocycles. The van der Waals surface area contributed by atoms with Crippen molar-refractivity contribution in [3.63, 3.8) is 0 Å². The lowest BCUT2D eigenvalue weighted by Crippen LogP contribution is -2.13. The fourth-order valence-electron chi connectivity index (χ4n) is 3.29. The molecule has 0 saturated heterocycles. The summed E-state index contributed by atoms with van der Waals surface area (Å²) in [4.78, 5) is 11.6. The van der Waals surface area contributed by atoms with Crippen molar-refractivity contribution in [2.24, 2.45) is 7.05 Å². The van der Waals surface area contributed by atoms with E-state index in [1.165, 1.54) is 35.9 Å². The molecule has 0 amide bonds. The molecule has 0 aliphatic heterocycles. The second kappa shape index (κ2) is 7.95. The molecule has 0 fully saturated rings. The van der Waals surface area contributed by atoms with Gasteiger partial charge in [-0.1, -0.05) is 48.0 Å². The number of halogens is 1. The first-order valence-corrected chi connectivity index (χ1v) is 11.0. The number of hydrogen-bond acceptors (Lipinski definition) is 5. The van der Waals surface area contributed by atoms with Gasteiger partial charge in [-0.2, -0.15) is 5.26 Å². The van der Waals surface area contributed by atoms with E-state index in [4.69, 9.17) is 16.0 Å². The first-order valence-electron chi connectivity index (χ1n) is 9.16. The summed E-state index contributed by atoms with van der Waals surface area (Å²) in [5, 5.41) is 9.88. The Bertz CT molecular complexity index is 1480. The molecule has 0 aliphatic rings. The van der Waals surface area contributed by atoms with Crippen LogP contribution in [0.3, 0.4) is 0 Å². The van der Waals surface area contributed by atoms with Crippen LogP contribution < -0.4 is 10.5 Å². The van der Waals surface area contributed by atoms with E-state index in [2.05, 4.69) is 10.8 Å². The van der Waals surface area contributed by atoms with Gasteiger partial charge in [-0.05, 0) is 35.4 Å². The lowest BCUT2D eigenvalue weighted by atomic mass is 9.92. The monoisotopic (exact) mass is 453 g/mol. The predicted octanol–water partition coefficient (Wildman–Crippen LogP) is 4.24. The number of fused-ring (bicyclic) bond motifs is 1. The number of nitrogens with one attached hydrogen (secondary N) is 1. The first kappa shape index (κ1) is 20.7. The van der Waals surface area contributed by atoms with Gasteiger partial charge in [-0.15, -0.1) is 0 Å². The van der Waals surface area contributed by atoms with Crippen LogP contribution in [0.4, 0.5) is 5.69 Å². The van der Waals surface area contributed by atoms with Gasteiger partial charge in [0.1, 0.15) is 0 Å². The number of nitrogens with zero attached hydrogens (tertiary/aromatic N) is 2. The minimum absolute atomic E-state index is 0.0614. The summed E-state index contributed by atoms with van der Waals surface area (Å²) in [5.41, 5.74) is 2.26. The van der Waals surface area contributed by atoms with Gasteiger partial charge in [0.25, 0.3) is 10.0 Å². The minimum Gasteiger partial charge on any atom is -0.408 e. The predicted molar refractivity (Wildman–Crippen MR) is 118 cm³/mol. The number of hydrogen-bond donors (Lipinski definition) is 1. The maximum atomic E-state index is 12.8. The van der Waals surface area contributed by atoms with Gasteiger partial charge in [0.2, 0.25) is 0 Å². The van der Waals surface area contributed by atoms with Crippen LogP contribution in [0.5, 0.6) is 0 Å². The van der Waals surface area contributed by atoms with Crippen LogP contribution in [-0.2, 0) is 17.1 Å². The van der Waals surface area contributed by atoms with E-state index >= 15 is 0 Å². The Kier molecular flexibility index (Phi) is 5.31. The normalized spacial score (nSPS) is 12.4. The Balaban J connectivity index is 1.64. The van der Waals surface area contributed by atoms with Crippen molar-refractivity contribution in [2.45, 2.75) is 10.8 Å². The van der Waals surface area contributed by atoms with E-state index in [0.29, 0.717) is 11.1 Å². The molecule has 0 unspecified atom stereocenters. The molecule has 31 heavy (non-hydrogen) atoms. The second-order valence-corrected chi connectivity index (χ2v) is 8.96. The van der Waals surface area contributed by atoms with Crippen LogP contribution >= 0.6 is 11.6 Å². The maximum absolute atomic E-state index is 12.8. The quantitative estimate of drug-likeness (QED) is 0.486. The van der Waals surface area contributed by atoms with Gasteiger partial charge < -0.3 is 4.42 Å². The molecule has 0 saturated carbocycles. The molecule has 3 aromatic carbocycles. The summed E-state index contributed by atoms with van der Waals surface area (Å²) in [7, 11) is -2.43. The van der Waals surface area contributed by atoms with Crippen LogP contribution in [0.2, 0.25) is 5.02 Å². The van der Waals surface area contributed by atoms with Crippen molar-refractivity contribution in [1.82, 2.24) is 4.57 Å². The van der Waals surface area contributed by atoms with Gasteiger partial charge in [0.05, 0.1) is 28.1 Å². The Morgan fingerprint density at radius 3 is 2.52 bits per heavy atom. The highest BCUT2D eigenvalue weighted by Gasteiger charge is 2.20. The summed E-state index contributed by atoms with van der Waals surface area (Å²) in [6, 6.07) is 20.2.